The first kappa shape index (κ1) is 24.4. The zero-order valence-electron chi connectivity index (χ0n) is 19.9. The number of methoxy groups -OCH3 is 1. The van der Waals surface area contributed by atoms with Gasteiger partial charge in [0.05, 0.1) is 29.4 Å². The molecule has 0 spiro atoms. The molecule has 35 heavy (non-hydrogen) atoms. The van der Waals surface area contributed by atoms with Crippen molar-refractivity contribution < 1.29 is 9.13 Å². The third-order valence-corrected chi connectivity index (χ3v) is 8.24. The second-order valence-corrected chi connectivity index (χ2v) is 10.8. The van der Waals surface area contributed by atoms with Gasteiger partial charge in [-0.05, 0) is 61.4 Å². The van der Waals surface area contributed by atoms with E-state index < -0.39 is 0 Å². The molecular weight excluding hydrogens is 480 g/mol. The van der Waals surface area contributed by atoms with Crippen LogP contribution in [-0.4, -0.2) is 53.9 Å². The van der Waals surface area contributed by atoms with Crippen molar-refractivity contribution in [3.8, 4) is 5.75 Å². The highest BCUT2D eigenvalue weighted by atomic mass is 32.2. The molecule has 2 unspecified atom stereocenters. The maximum Gasteiger partial charge on any atom is 0.145 e. The molecule has 9 heteroatoms. The van der Waals surface area contributed by atoms with E-state index in [1.165, 1.54) is 11.1 Å². The summed E-state index contributed by atoms with van der Waals surface area (Å²) in [4.78, 5) is 12.7. The molecule has 6 nitrogen and oxygen atoms in total. The van der Waals surface area contributed by atoms with Gasteiger partial charge in [0.15, 0.2) is 0 Å². The summed E-state index contributed by atoms with van der Waals surface area (Å²) < 4.78 is 20.1. The normalized spacial score (nSPS) is 18.0. The Bertz CT molecular complexity index is 1260. The van der Waals surface area contributed by atoms with Gasteiger partial charge in [-0.2, -0.15) is 0 Å². The van der Waals surface area contributed by atoms with E-state index in [-0.39, 0.29) is 5.82 Å². The maximum absolute atomic E-state index is 14.7. The predicted molar refractivity (Wildman–Crippen MR) is 145 cm³/mol. The highest BCUT2D eigenvalue weighted by Crippen LogP contribution is 2.32. The number of halogens is 1. The van der Waals surface area contributed by atoms with Gasteiger partial charge in [-0.15, -0.1) is 21.0 Å². The molecule has 2 atom stereocenters. The Hall–Kier alpha value is -2.25. The average molecular weight is 512 g/mol. The second-order valence-electron chi connectivity index (χ2n) is 9.20. The molecule has 2 aliphatic rings. The van der Waals surface area contributed by atoms with Crippen LogP contribution in [0.2, 0.25) is 0 Å². The summed E-state index contributed by atoms with van der Waals surface area (Å²) in [5.41, 5.74) is 3.56. The SMILES string of the molecule is C=C1CSc2ccc(CNCC3CCN(CCc4c(F)cnc5c(P)cc(OC)cc45)C3)nc2N1. The molecular formula is C26H31FN5OPS. The van der Waals surface area contributed by atoms with Crippen LogP contribution in [0.3, 0.4) is 0 Å². The fourth-order valence-corrected chi connectivity index (χ4v) is 6.01. The van der Waals surface area contributed by atoms with Gasteiger partial charge in [-0.1, -0.05) is 6.58 Å². The zero-order valence-corrected chi connectivity index (χ0v) is 21.9. The number of nitrogens with one attached hydrogen (secondary N) is 2. The number of pyridine rings is 2. The van der Waals surface area contributed by atoms with E-state index in [0.717, 1.165) is 84.1 Å². The lowest BCUT2D eigenvalue weighted by Crippen LogP contribution is -2.28. The highest BCUT2D eigenvalue weighted by Gasteiger charge is 2.23. The molecule has 2 aliphatic heterocycles. The standard InChI is InChI=1S/C26H31FN5OPS/c1-16-15-35-24-4-3-18(31-26(24)30-16)12-28-11-17-5-7-32(14-17)8-6-20-21-9-19(33-2)10-23(34)25(21)29-13-22(20)27/h3-4,9-10,13,17,28H,1,5-8,11-12,14-15,34H2,2H3,(H,30,31). The minimum atomic E-state index is -0.249. The largest absolute Gasteiger partial charge is 0.497 e. The van der Waals surface area contributed by atoms with Gasteiger partial charge in [0.1, 0.15) is 17.4 Å². The highest BCUT2D eigenvalue weighted by molar-refractivity contribution is 7.99. The first-order chi connectivity index (χ1) is 17.0. The summed E-state index contributed by atoms with van der Waals surface area (Å²) in [5, 5.41) is 8.62. The Balaban J connectivity index is 1.14. The summed E-state index contributed by atoms with van der Waals surface area (Å²) in [6.07, 6.45) is 3.14. The van der Waals surface area contributed by atoms with Crippen molar-refractivity contribution in [3.63, 3.8) is 0 Å². The van der Waals surface area contributed by atoms with E-state index in [1.54, 1.807) is 18.9 Å². The van der Waals surface area contributed by atoms with Crippen LogP contribution >= 0.6 is 21.0 Å². The fraction of sp³-hybridized carbons (Fsp3) is 0.385. The molecule has 1 fully saturated rings. The van der Waals surface area contributed by atoms with Crippen LogP contribution in [0, 0.1) is 11.7 Å². The van der Waals surface area contributed by atoms with Crippen LogP contribution < -0.4 is 20.7 Å². The number of likely N-dealkylation sites (tertiary alicyclic amines) is 1. The summed E-state index contributed by atoms with van der Waals surface area (Å²) >= 11 is 1.77. The van der Waals surface area contributed by atoms with Crippen LogP contribution in [0.4, 0.5) is 10.2 Å². The molecule has 0 amide bonds. The lowest BCUT2D eigenvalue weighted by molar-refractivity contribution is 0.324. The van der Waals surface area contributed by atoms with Gasteiger partial charge >= 0.3 is 0 Å². The molecule has 3 aromatic rings. The third kappa shape index (κ3) is 5.61. The average Bonchev–Trinajstić information content (AvgIpc) is 3.30. The predicted octanol–water partition coefficient (Wildman–Crippen LogP) is 3.96. The van der Waals surface area contributed by atoms with Crippen molar-refractivity contribution in [2.75, 3.05) is 44.4 Å². The molecule has 0 bridgehead atoms. The van der Waals surface area contributed by atoms with Crippen molar-refractivity contribution >= 4 is 43.0 Å². The van der Waals surface area contributed by atoms with Crippen LogP contribution in [0.15, 0.2) is 47.6 Å². The lowest BCUT2D eigenvalue weighted by Gasteiger charge is -2.19. The van der Waals surface area contributed by atoms with E-state index in [2.05, 4.69) is 48.5 Å². The minimum absolute atomic E-state index is 0.249. The molecule has 2 N–H and O–H groups in total. The Kier molecular flexibility index (Phi) is 7.54. The first-order valence-electron chi connectivity index (χ1n) is 11.9. The van der Waals surface area contributed by atoms with Gasteiger partial charge in [0.25, 0.3) is 0 Å². The molecule has 1 aromatic carbocycles. The number of nitrogens with zero attached hydrogens (tertiary/aromatic N) is 3. The molecule has 4 heterocycles. The molecule has 1 saturated heterocycles. The third-order valence-electron chi connectivity index (χ3n) is 6.67. The van der Waals surface area contributed by atoms with Crippen molar-refractivity contribution in [1.29, 1.82) is 0 Å². The molecule has 5 rings (SSSR count). The second kappa shape index (κ2) is 10.8. The van der Waals surface area contributed by atoms with Gasteiger partial charge in [0.2, 0.25) is 0 Å². The van der Waals surface area contributed by atoms with Crippen molar-refractivity contribution in [1.82, 2.24) is 20.2 Å². The Morgan fingerprint density at radius 2 is 2.26 bits per heavy atom. The summed E-state index contributed by atoms with van der Waals surface area (Å²) in [6, 6.07) is 8.03. The quantitative estimate of drug-likeness (QED) is 0.444. The van der Waals surface area contributed by atoms with Gasteiger partial charge in [-0.25, -0.2) is 9.37 Å². The summed E-state index contributed by atoms with van der Waals surface area (Å²) in [6.45, 7) is 8.59. The molecule has 2 aromatic heterocycles. The monoisotopic (exact) mass is 511 g/mol. The van der Waals surface area contributed by atoms with Gasteiger partial charge < -0.3 is 20.3 Å². The number of anilines is 1. The number of thioether (sulfide) groups is 1. The van der Waals surface area contributed by atoms with Crippen LogP contribution in [0.25, 0.3) is 10.9 Å². The van der Waals surface area contributed by atoms with Gasteiger partial charge in [-0.3, -0.25) is 4.98 Å². The number of aromatic nitrogens is 2. The molecule has 0 saturated carbocycles. The summed E-state index contributed by atoms with van der Waals surface area (Å²) in [7, 11) is 4.31. The number of rotatable bonds is 8. The van der Waals surface area contributed by atoms with E-state index >= 15 is 0 Å². The minimum Gasteiger partial charge on any atom is -0.497 e. The number of ether oxygens (including phenoxy) is 1. The molecule has 184 valence electrons. The smallest absolute Gasteiger partial charge is 0.145 e. The van der Waals surface area contributed by atoms with Crippen molar-refractivity contribution in [2.24, 2.45) is 5.92 Å². The lowest BCUT2D eigenvalue weighted by atomic mass is 10.0. The Labute approximate surface area is 212 Å². The van der Waals surface area contributed by atoms with Crippen molar-refractivity contribution in [2.45, 2.75) is 24.3 Å². The molecule has 0 aliphatic carbocycles. The fourth-order valence-electron chi connectivity index (χ4n) is 4.82. The number of hydrogen-bond acceptors (Lipinski definition) is 7. The topological polar surface area (TPSA) is 62.3 Å². The van der Waals surface area contributed by atoms with E-state index in [1.807, 2.05) is 12.1 Å². The van der Waals surface area contributed by atoms with E-state index in [0.29, 0.717) is 17.9 Å². The Morgan fingerprint density at radius 1 is 1.37 bits per heavy atom. The number of benzene rings is 1. The number of fused-ring (bicyclic) bond motifs is 2. The van der Waals surface area contributed by atoms with Crippen molar-refractivity contribution in [3.05, 3.63) is 59.8 Å². The zero-order chi connectivity index (χ0) is 24.4. The summed E-state index contributed by atoms with van der Waals surface area (Å²) in [5.74, 6) is 2.86. The molecule has 0 radical (unpaired) electrons. The van der Waals surface area contributed by atoms with Gasteiger partial charge in [0, 0.05) is 42.0 Å². The maximum atomic E-state index is 14.7. The van der Waals surface area contributed by atoms with Crippen LogP contribution in [-0.2, 0) is 13.0 Å². The van der Waals surface area contributed by atoms with E-state index in [4.69, 9.17) is 9.72 Å². The first-order valence-corrected chi connectivity index (χ1v) is 13.5. The van der Waals surface area contributed by atoms with Crippen LogP contribution in [0.1, 0.15) is 17.7 Å². The van der Waals surface area contributed by atoms with E-state index in [9.17, 15) is 4.39 Å². The Morgan fingerprint density at radius 3 is 3.11 bits per heavy atom. The van der Waals surface area contributed by atoms with Crippen LogP contribution in [0.5, 0.6) is 5.75 Å². The number of hydrogen-bond donors (Lipinski definition) is 2.